The molecule has 0 amide bonds. The molecule has 88 valence electrons. The van der Waals surface area contributed by atoms with Gasteiger partial charge in [0.25, 0.3) is 0 Å². The number of aromatic nitrogens is 2. The van der Waals surface area contributed by atoms with Gasteiger partial charge in [0.2, 0.25) is 0 Å². The number of nitrogens with one attached hydrogen (secondary N) is 1. The molecule has 0 aliphatic rings. The van der Waals surface area contributed by atoms with Crippen molar-refractivity contribution in [2.75, 3.05) is 11.1 Å². The first kappa shape index (κ1) is 10.9. The molecule has 0 radical (unpaired) electrons. The van der Waals surface area contributed by atoms with Gasteiger partial charge in [0, 0.05) is 6.07 Å². The monoisotopic (exact) mass is 234 g/mol. The van der Waals surface area contributed by atoms with Crippen molar-refractivity contribution in [3.8, 4) is 0 Å². The van der Waals surface area contributed by atoms with Crippen LogP contribution < -0.4 is 11.1 Å². The Morgan fingerprint density at radius 3 is 3.06 bits per heavy atom. The van der Waals surface area contributed by atoms with E-state index in [0.29, 0.717) is 17.9 Å². The van der Waals surface area contributed by atoms with Crippen LogP contribution in [0.3, 0.4) is 0 Å². The molecule has 0 unspecified atom stereocenters. The Kier molecular flexibility index (Phi) is 2.91. The highest BCUT2D eigenvalue weighted by atomic mass is 16.5. The number of carbonyl (C=O) groups is 1. The van der Waals surface area contributed by atoms with Crippen LogP contribution in [-0.2, 0) is 6.54 Å². The minimum absolute atomic E-state index is 0.0218. The Morgan fingerprint density at radius 1 is 1.59 bits per heavy atom. The number of pyridine rings is 1. The normalized spacial score (nSPS) is 10.1. The van der Waals surface area contributed by atoms with Crippen LogP contribution in [0.25, 0.3) is 0 Å². The minimum Gasteiger partial charge on any atom is -0.478 e. The van der Waals surface area contributed by atoms with Crippen LogP contribution in [0.2, 0.25) is 0 Å². The maximum absolute atomic E-state index is 11.0. The van der Waals surface area contributed by atoms with Crippen LogP contribution in [0.1, 0.15) is 16.1 Å². The molecular formula is C10H10N4O3. The van der Waals surface area contributed by atoms with Gasteiger partial charge >= 0.3 is 5.97 Å². The first-order valence-corrected chi connectivity index (χ1v) is 4.79. The molecule has 7 heteroatoms. The highest BCUT2D eigenvalue weighted by Gasteiger charge is 2.12. The third-order valence-electron chi connectivity index (χ3n) is 2.07. The molecule has 0 atom stereocenters. The predicted octanol–water partition coefficient (Wildman–Crippen LogP) is 0.962. The number of anilines is 2. The molecule has 0 aromatic carbocycles. The van der Waals surface area contributed by atoms with Gasteiger partial charge in [0.15, 0.2) is 0 Å². The molecule has 0 spiro atoms. The van der Waals surface area contributed by atoms with Crippen LogP contribution >= 0.6 is 0 Å². The molecule has 0 saturated heterocycles. The average Bonchev–Trinajstić information content (AvgIpc) is 2.80. The molecule has 17 heavy (non-hydrogen) atoms. The molecule has 0 aliphatic carbocycles. The fraction of sp³-hybridized carbons (Fsp3) is 0.100. The van der Waals surface area contributed by atoms with Gasteiger partial charge in [-0.2, -0.15) is 0 Å². The number of nitrogens with zero attached hydrogens (tertiary/aromatic N) is 2. The van der Waals surface area contributed by atoms with Gasteiger partial charge in [-0.05, 0) is 6.07 Å². The van der Waals surface area contributed by atoms with Crippen molar-refractivity contribution in [3.05, 3.63) is 35.9 Å². The Morgan fingerprint density at radius 2 is 2.41 bits per heavy atom. The summed E-state index contributed by atoms with van der Waals surface area (Å²) >= 11 is 0. The van der Waals surface area contributed by atoms with Crippen molar-refractivity contribution in [3.63, 3.8) is 0 Å². The lowest BCUT2D eigenvalue weighted by Gasteiger charge is -2.07. The van der Waals surface area contributed by atoms with Gasteiger partial charge in [-0.15, -0.1) is 0 Å². The summed E-state index contributed by atoms with van der Waals surface area (Å²) in [7, 11) is 0. The van der Waals surface area contributed by atoms with Crippen LogP contribution in [0.15, 0.2) is 29.1 Å². The van der Waals surface area contributed by atoms with E-state index in [1.165, 1.54) is 18.5 Å². The van der Waals surface area contributed by atoms with E-state index in [1.54, 1.807) is 6.07 Å². The fourth-order valence-corrected chi connectivity index (χ4v) is 1.29. The molecule has 4 N–H and O–H groups in total. The number of hydrogen-bond donors (Lipinski definition) is 3. The summed E-state index contributed by atoms with van der Waals surface area (Å²) in [5.74, 6) is -0.845. The first-order chi connectivity index (χ1) is 8.16. The van der Waals surface area contributed by atoms with Crippen LogP contribution in [0.5, 0.6) is 0 Å². The van der Waals surface area contributed by atoms with Gasteiger partial charge in [-0.3, -0.25) is 0 Å². The van der Waals surface area contributed by atoms with Crippen LogP contribution in [-0.4, -0.2) is 21.2 Å². The minimum atomic E-state index is -1.09. The third kappa shape index (κ3) is 2.51. The van der Waals surface area contributed by atoms with Crippen LogP contribution in [0.4, 0.5) is 11.5 Å². The van der Waals surface area contributed by atoms with Gasteiger partial charge in [0.05, 0.1) is 18.4 Å². The zero-order chi connectivity index (χ0) is 12.3. The first-order valence-electron chi connectivity index (χ1n) is 4.79. The van der Waals surface area contributed by atoms with Gasteiger partial charge in [-0.25, -0.2) is 9.78 Å². The number of nitrogens with two attached hydrogens (primary N) is 1. The average molecular weight is 234 g/mol. The molecule has 7 nitrogen and oxygen atoms in total. The highest BCUT2D eigenvalue weighted by Crippen LogP contribution is 2.16. The summed E-state index contributed by atoms with van der Waals surface area (Å²) < 4.78 is 4.65. The molecule has 0 aliphatic heterocycles. The van der Waals surface area contributed by atoms with E-state index < -0.39 is 5.97 Å². The van der Waals surface area contributed by atoms with E-state index in [-0.39, 0.29) is 11.4 Å². The summed E-state index contributed by atoms with van der Waals surface area (Å²) in [4.78, 5) is 14.9. The van der Waals surface area contributed by atoms with E-state index in [1.807, 2.05) is 0 Å². The fourth-order valence-electron chi connectivity index (χ4n) is 1.29. The second-order valence-corrected chi connectivity index (χ2v) is 3.31. The smallest absolute Gasteiger partial charge is 0.339 e. The number of carboxylic acid groups (broad SMARTS) is 1. The standard InChI is InChI=1S/C10H10N4O3/c11-6-3-8(10(15)16)9(12-4-6)13-5-7-1-2-17-14-7/h1-4H,5,11H2,(H,12,13)(H,15,16). The quantitative estimate of drug-likeness (QED) is 0.721. The zero-order valence-electron chi connectivity index (χ0n) is 8.75. The summed E-state index contributed by atoms with van der Waals surface area (Å²) in [6.45, 7) is 0.327. The van der Waals surface area contributed by atoms with E-state index in [2.05, 4.69) is 20.0 Å². The van der Waals surface area contributed by atoms with Crippen molar-refractivity contribution in [1.82, 2.24) is 10.1 Å². The second-order valence-electron chi connectivity index (χ2n) is 3.31. The molecule has 0 saturated carbocycles. The molecule has 2 aromatic heterocycles. The van der Waals surface area contributed by atoms with Crippen molar-refractivity contribution < 1.29 is 14.4 Å². The molecular weight excluding hydrogens is 224 g/mol. The van der Waals surface area contributed by atoms with Crippen molar-refractivity contribution in [2.45, 2.75) is 6.54 Å². The largest absolute Gasteiger partial charge is 0.478 e. The number of carboxylic acids is 1. The molecule has 0 fully saturated rings. The van der Waals surface area contributed by atoms with Crippen molar-refractivity contribution in [2.24, 2.45) is 0 Å². The molecule has 2 aromatic rings. The lowest BCUT2D eigenvalue weighted by atomic mass is 10.2. The van der Waals surface area contributed by atoms with Crippen LogP contribution in [0, 0.1) is 0 Å². The Balaban J connectivity index is 2.17. The maximum atomic E-state index is 11.0. The number of hydrogen-bond acceptors (Lipinski definition) is 6. The predicted molar refractivity (Wildman–Crippen MR) is 59.4 cm³/mol. The van der Waals surface area contributed by atoms with Gasteiger partial charge < -0.3 is 20.7 Å². The lowest BCUT2D eigenvalue weighted by molar-refractivity contribution is 0.0697. The van der Waals surface area contributed by atoms with Crippen molar-refractivity contribution >= 4 is 17.5 Å². The SMILES string of the molecule is Nc1cnc(NCc2ccon2)c(C(=O)O)c1. The Bertz CT molecular complexity index is 524. The second kappa shape index (κ2) is 4.52. The Hall–Kier alpha value is -2.57. The Labute approximate surface area is 96.2 Å². The lowest BCUT2D eigenvalue weighted by Crippen LogP contribution is -2.09. The topological polar surface area (TPSA) is 114 Å². The summed E-state index contributed by atoms with van der Waals surface area (Å²) in [6.07, 6.45) is 2.82. The van der Waals surface area contributed by atoms with E-state index in [0.717, 1.165) is 0 Å². The molecule has 0 bridgehead atoms. The number of nitrogen functional groups attached to an aromatic ring is 1. The molecule has 2 heterocycles. The van der Waals surface area contributed by atoms with E-state index >= 15 is 0 Å². The van der Waals surface area contributed by atoms with Crippen molar-refractivity contribution in [1.29, 1.82) is 0 Å². The summed E-state index contributed by atoms with van der Waals surface area (Å²) in [5, 5.41) is 15.5. The van der Waals surface area contributed by atoms with Gasteiger partial charge in [0.1, 0.15) is 23.3 Å². The molecule has 2 rings (SSSR count). The van der Waals surface area contributed by atoms with E-state index in [4.69, 9.17) is 10.8 Å². The van der Waals surface area contributed by atoms with E-state index in [9.17, 15) is 4.79 Å². The third-order valence-corrected chi connectivity index (χ3v) is 2.07. The maximum Gasteiger partial charge on any atom is 0.339 e. The number of rotatable bonds is 4. The number of aromatic carboxylic acids is 1. The highest BCUT2D eigenvalue weighted by molar-refractivity contribution is 5.94. The van der Waals surface area contributed by atoms with Gasteiger partial charge in [-0.1, -0.05) is 5.16 Å². The summed E-state index contributed by atoms with van der Waals surface area (Å²) in [5.41, 5.74) is 6.45. The summed E-state index contributed by atoms with van der Waals surface area (Å²) in [6, 6.07) is 3.02. The zero-order valence-corrected chi connectivity index (χ0v) is 8.75.